The van der Waals surface area contributed by atoms with Crippen LogP contribution in [0.3, 0.4) is 0 Å². The van der Waals surface area contributed by atoms with Crippen molar-refractivity contribution in [2.75, 3.05) is 21.3 Å². The van der Waals surface area contributed by atoms with Gasteiger partial charge >= 0.3 is 0 Å². The van der Waals surface area contributed by atoms with Gasteiger partial charge in [0, 0.05) is 11.1 Å². The summed E-state index contributed by atoms with van der Waals surface area (Å²) in [5.41, 5.74) is 8.88. The van der Waals surface area contributed by atoms with E-state index in [1.807, 2.05) is 72.8 Å². The summed E-state index contributed by atoms with van der Waals surface area (Å²) in [5, 5.41) is 41.3. The van der Waals surface area contributed by atoms with Crippen molar-refractivity contribution >= 4 is 11.4 Å². The fourth-order valence-corrected chi connectivity index (χ4v) is 7.43. The number of nitriles is 4. The van der Waals surface area contributed by atoms with E-state index in [0.717, 1.165) is 0 Å². The molecule has 9 nitrogen and oxygen atoms in total. The van der Waals surface area contributed by atoms with Gasteiger partial charge in [0.1, 0.15) is 17.2 Å². The number of hydrogen-bond acceptors (Lipinski definition) is 7. The van der Waals surface area contributed by atoms with Crippen molar-refractivity contribution in [2.24, 2.45) is 0 Å². The van der Waals surface area contributed by atoms with E-state index in [4.69, 9.17) is 27.4 Å². The molecule has 0 aliphatic carbocycles. The van der Waals surface area contributed by atoms with E-state index >= 15 is 0 Å². The zero-order valence-corrected chi connectivity index (χ0v) is 32.5. The van der Waals surface area contributed by atoms with Gasteiger partial charge in [-0.3, -0.25) is 0 Å². The van der Waals surface area contributed by atoms with E-state index < -0.39 is 0 Å². The van der Waals surface area contributed by atoms with Crippen LogP contribution in [0.25, 0.3) is 76.5 Å². The maximum atomic E-state index is 10.3. The van der Waals surface area contributed by atoms with Crippen LogP contribution < -0.4 is 14.2 Å². The molecule has 0 atom stereocenters. The predicted molar refractivity (Wildman–Crippen MR) is 230 cm³/mol. The van der Waals surface area contributed by atoms with Gasteiger partial charge in [-0.2, -0.15) is 21.0 Å². The summed E-state index contributed by atoms with van der Waals surface area (Å²) in [5.74, 6) is 1.80. The third-order valence-corrected chi connectivity index (χ3v) is 10.0. The maximum Gasteiger partial charge on any atom is 0.189 e. The zero-order chi connectivity index (χ0) is 42.3. The highest BCUT2D eigenvalue weighted by Gasteiger charge is 2.30. The highest BCUT2D eigenvalue weighted by atomic mass is 16.5. The van der Waals surface area contributed by atoms with Gasteiger partial charge in [-0.1, -0.05) is 36.4 Å². The normalized spacial score (nSPS) is 10.2. The van der Waals surface area contributed by atoms with Crippen LogP contribution >= 0.6 is 0 Å². The third kappa shape index (κ3) is 7.42. The molecule has 0 saturated heterocycles. The topological polar surface area (TPSA) is 132 Å². The van der Waals surface area contributed by atoms with Gasteiger partial charge in [0.2, 0.25) is 0 Å². The largest absolute Gasteiger partial charge is 0.497 e. The zero-order valence-electron chi connectivity index (χ0n) is 32.5. The van der Waals surface area contributed by atoms with Crippen LogP contribution in [0.4, 0.5) is 11.4 Å². The van der Waals surface area contributed by atoms with E-state index in [9.17, 15) is 21.0 Å². The van der Waals surface area contributed by atoms with Crippen LogP contribution in [0.2, 0.25) is 0 Å². The number of ether oxygens (including phenoxy) is 3. The fraction of sp³-hybridized carbons (Fsp3) is 0.0588. The summed E-state index contributed by atoms with van der Waals surface area (Å²) >= 11 is 0. The Morgan fingerprint density at radius 2 is 0.600 bits per heavy atom. The van der Waals surface area contributed by atoms with Crippen molar-refractivity contribution in [3.8, 4) is 108 Å². The van der Waals surface area contributed by atoms with Gasteiger partial charge in [-0.25, -0.2) is 9.69 Å². The molecule has 60 heavy (non-hydrogen) atoms. The van der Waals surface area contributed by atoms with E-state index in [2.05, 4.69) is 34.0 Å². The molecular weight excluding hydrogens is 745 g/mol. The van der Waals surface area contributed by atoms with Crippen molar-refractivity contribution in [1.82, 2.24) is 0 Å². The number of benzene rings is 7. The predicted octanol–water partition coefficient (Wildman–Crippen LogP) is 12.3. The molecule has 0 bridgehead atoms. The molecule has 0 aromatic heterocycles. The van der Waals surface area contributed by atoms with E-state index in [1.54, 1.807) is 57.7 Å². The smallest absolute Gasteiger partial charge is 0.189 e. The van der Waals surface area contributed by atoms with E-state index in [-0.39, 0.29) is 33.6 Å². The first kappa shape index (κ1) is 39.1. The Labute approximate surface area is 347 Å². The summed E-state index contributed by atoms with van der Waals surface area (Å²) in [7, 11) is 4.73. The first-order chi connectivity index (χ1) is 29.3. The molecule has 0 aliphatic rings. The van der Waals surface area contributed by atoms with Crippen molar-refractivity contribution < 1.29 is 14.2 Å². The van der Waals surface area contributed by atoms with Gasteiger partial charge in [0.25, 0.3) is 0 Å². The van der Waals surface area contributed by atoms with Crippen LogP contribution in [0.1, 0.15) is 22.3 Å². The molecule has 0 heterocycles. The van der Waals surface area contributed by atoms with Crippen molar-refractivity contribution in [2.45, 2.75) is 0 Å². The number of hydrogen-bond donors (Lipinski definition) is 0. The Balaban J connectivity index is 1.90. The van der Waals surface area contributed by atoms with Crippen molar-refractivity contribution in [3.05, 3.63) is 172 Å². The minimum atomic E-state index is 0.229. The summed E-state index contributed by atoms with van der Waals surface area (Å²) in [6, 6.07) is 46.3. The first-order valence-corrected chi connectivity index (χ1v) is 18.3. The van der Waals surface area contributed by atoms with E-state index in [0.29, 0.717) is 84.0 Å². The van der Waals surface area contributed by atoms with E-state index in [1.165, 1.54) is 18.2 Å². The molecule has 282 valence electrons. The highest BCUT2D eigenvalue weighted by Crippen LogP contribution is 2.57. The molecule has 7 rings (SSSR count). The molecule has 0 fully saturated rings. The lowest BCUT2D eigenvalue weighted by molar-refractivity contribution is 0.415. The lowest BCUT2D eigenvalue weighted by atomic mass is 9.73. The monoisotopic (exact) mass is 774 g/mol. The molecule has 0 N–H and O–H groups in total. The average molecular weight is 775 g/mol. The molecule has 0 spiro atoms. The highest BCUT2D eigenvalue weighted by molar-refractivity contribution is 6.15. The van der Waals surface area contributed by atoms with Gasteiger partial charge in [-0.15, -0.1) is 0 Å². The Morgan fingerprint density at radius 1 is 0.350 bits per heavy atom. The lowest BCUT2D eigenvalue weighted by Crippen LogP contribution is -2.03. The Hall–Kier alpha value is -9.12. The SMILES string of the molecule is [C-]#[N+]c1cc(C#N)cc(-c2c(-c3ccc(OC)cc3)c(-c3cc(C#N)cc(C#N)c3)c(-c3ccc(OC)cc3)c(-c3cc(C#N)cc([N+]#[C-])c3)c2-c2ccc(OC)cc2)c1. The molecule has 0 saturated carbocycles. The first-order valence-electron chi connectivity index (χ1n) is 18.3. The third-order valence-electron chi connectivity index (χ3n) is 10.0. The summed E-state index contributed by atoms with van der Waals surface area (Å²) in [4.78, 5) is 7.52. The fourth-order valence-electron chi connectivity index (χ4n) is 7.43. The average Bonchev–Trinajstić information content (AvgIpc) is 3.32. The molecular formula is C51H30N6O3. The maximum absolute atomic E-state index is 10.3. The van der Waals surface area contributed by atoms with Gasteiger partial charge < -0.3 is 14.2 Å². The standard InChI is InChI=1S/C51H30N6O3/c1-56-41-23-33(29-54)21-39(25-41)50-46(35-6-12-43(58-3)13-7-35)49(38-19-31(27-52)18-32(20-38)28-53)47(36-8-14-44(59-4)15-9-36)51(40-22-34(30-55)24-42(26-40)57-2)48(50)37-10-16-45(60-5)17-11-37/h6-26H,3-5H3. The second-order valence-corrected chi connectivity index (χ2v) is 13.4. The van der Waals surface area contributed by atoms with Gasteiger partial charge in [0.05, 0.1) is 69.9 Å². The molecule has 0 radical (unpaired) electrons. The molecule has 7 aromatic carbocycles. The lowest BCUT2D eigenvalue weighted by Gasteiger charge is -2.29. The minimum absolute atomic E-state index is 0.229. The van der Waals surface area contributed by atoms with Crippen LogP contribution in [0, 0.1) is 58.5 Å². The van der Waals surface area contributed by atoms with Crippen LogP contribution in [-0.4, -0.2) is 21.3 Å². The number of methoxy groups -OCH3 is 3. The number of nitrogens with zero attached hydrogens (tertiary/aromatic N) is 6. The van der Waals surface area contributed by atoms with Crippen LogP contribution in [0.15, 0.2) is 127 Å². The second-order valence-electron chi connectivity index (χ2n) is 13.4. The summed E-state index contributed by atoms with van der Waals surface area (Å²) in [6.45, 7) is 16.1. The van der Waals surface area contributed by atoms with Gasteiger partial charge in [0.15, 0.2) is 11.4 Å². The molecule has 7 aromatic rings. The van der Waals surface area contributed by atoms with Crippen molar-refractivity contribution in [1.29, 1.82) is 21.0 Å². The van der Waals surface area contributed by atoms with Crippen LogP contribution in [-0.2, 0) is 0 Å². The quantitative estimate of drug-likeness (QED) is 0.133. The summed E-state index contributed by atoms with van der Waals surface area (Å²) < 4.78 is 16.8. The van der Waals surface area contributed by atoms with Gasteiger partial charge in [-0.05, 0) is 158 Å². The molecule has 0 aliphatic heterocycles. The Kier molecular flexibility index (Phi) is 11.0. The molecule has 9 heteroatoms. The molecule has 0 amide bonds. The minimum Gasteiger partial charge on any atom is -0.497 e. The Bertz CT molecular complexity index is 2640. The molecule has 0 unspecified atom stereocenters. The second kappa shape index (κ2) is 16.9. The van der Waals surface area contributed by atoms with Crippen molar-refractivity contribution in [3.63, 3.8) is 0 Å². The Morgan fingerprint density at radius 3 is 0.850 bits per heavy atom. The van der Waals surface area contributed by atoms with Crippen LogP contribution in [0.5, 0.6) is 17.2 Å². The summed E-state index contributed by atoms with van der Waals surface area (Å²) in [6.07, 6.45) is 0. The number of rotatable bonds is 9.